The van der Waals surface area contributed by atoms with Gasteiger partial charge in [0.05, 0.1) is 12.7 Å². The molecule has 0 saturated heterocycles. The van der Waals surface area contributed by atoms with Crippen LogP contribution in [0.4, 0.5) is 0 Å². The maximum atomic E-state index is 5.63. The van der Waals surface area contributed by atoms with E-state index in [1.54, 1.807) is 0 Å². The van der Waals surface area contributed by atoms with Crippen LogP contribution in [0.2, 0.25) is 0 Å². The van der Waals surface area contributed by atoms with Gasteiger partial charge < -0.3 is 9.47 Å². The Labute approximate surface area is 118 Å². The van der Waals surface area contributed by atoms with Gasteiger partial charge in [-0.05, 0) is 44.4 Å². The van der Waals surface area contributed by atoms with Crippen LogP contribution in [0.3, 0.4) is 0 Å². The van der Waals surface area contributed by atoms with Crippen LogP contribution in [0, 0.1) is 0 Å². The average Bonchev–Trinajstić information content (AvgIpc) is 2.41. The molecule has 0 N–H and O–H groups in total. The van der Waals surface area contributed by atoms with Crippen molar-refractivity contribution in [3.05, 3.63) is 29.8 Å². The van der Waals surface area contributed by atoms with Crippen LogP contribution in [-0.2, 0) is 11.2 Å². The van der Waals surface area contributed by atoms with E-state index in [9.17, 15) is 0 Å². The van der Waals surface area contributed by atoms with Crippen molar-refractivity contribution in [1.82, 2.24) is 0 Å². The number of aryl methyl sites for hydroxylation is 1. The summed E-state index contributed by atoms with van der Waals surface area (Å²) in [4.78, 5) is 0. The van der Waals surface area contributed by atoms with E-state index in [0.29, 0.717) is 13.2 Å². The SMILES string of the molecule is CCCCCCc1ccc(OCCOC(C)C)cc1. The molecule has 0 bridgehead atoms. The van der Waals surface area contributed by atoms with Crippen LogP contribution in [0.5, 0.6) is 5.75 Å². The maximum absolute atomic E-state index is 5.63. The summed E-state index contributed by atoms with van der Waals surface area (Å²) in [7, 11) is 0. The number of unbranched alkanes of at least 4 members (excludes halogenated alkanes) is 3. The van der Waals surface area contributed by atoms with Crippen molar-refractivity contribution in [2.24, 2.45) is 0 Å². The van der Waals surface area contributed by atoms with Crippen molar-refractivity contribution in [2.45, 2.75) is 59.0 Å². The highest BCUT2D eigenvalue weighted by Crippen LogP contribution is 2.14. The molecule has 19 heavy (non-hydrogen) atoms. The highest BCUT2D eigenvalue weighted by molar-refractivity contribution is 5.27. The average molecular weight is 264 g/mol. The molecule has 1 aromatic rings. The molecule has 0 atom stereocenters. The lowest BCUT2D eigenvalue weighted by atomic mass is 10.1. The Kier molecular flexibility index (Phi) is 8.31. The third-order valence-corrected chi connectivity index (χ3v) is 3.05. The van der Waals surface area contributed by atoms with Gasteiger partial charge in [-0.3, -0.25) is 0 Å². The molecule has 0 spiro atoms. The number of hydrogen-bond donors (Lipinski definition) is 0. The van der Waals surface area contributed by atoms with E-state index in [1.165, 1.54) is 37.7 Å². The minimum atomic E-state index is 0.272. The van der Waals surface area contributed by atoms with Crippen molar-refractivity contribution < 1.29 is 9.47 Å². The van der Waals surface area contributed by atoms with E-state index in [-0.39, 0.29) is 6.10 Å². The zero-order chi connectivity index (χ0) is 13.9. The summed E-state index contributed by atoms with van der Waals surface area (Å²) < 4.78 is 11.1. The molecule has 2 nitrogen and oxygen atoms in total. The lowest BCUT2D eigenvalue weighted by molar-refractivity contribution is 0.0552. The third-order valence-electron chi connectivity index (χ3n) is 3.05. The van der Waals surface area contributed by atoms with Crippen molar-refractivity contribution in [3.8, 4) is 5.75 Å². The molecule has 0 saturated carbocycles. The minimum Gasteiger partial charge on any atom is -0.491 e. The van der Waals surface area contributed by atoms with E-state index >= 15 is 0 Å². The highest BCUT2D eigenvalue weighted by Gasteiger charge is 1.97. The Morgan fingerprint density at radius 1 is 0.947 bits per heavy atom. The maximum Gasteiger partial charge on any atom is 0.119 e. The van der Waals surface area contributed by atoms with E-state index in [1.807, 2.05) is 13.8 Å². The Balaban J connectivity index is 2.19. The van der Waals surface area contributed by atoms with Crippen LogP contribution in [-0.4, -0.2) is 19.3 Å². The number of benzene rings is 1. The summed E-state index contributed by atoms with van der Waals surface area (Å²) in [6.07, 6.45) is 6.71. The minimum absolute atomic E-state index is 0.272. The number of hydrogen-bond acceptors (Lipinski definition) is 2. The lowest BCUT2D eigenvalue weighted by Crippen LogP contribution is -2.11. The largest absolute Gasteiger partial charge is 0.491 e. The standard InChI is InChI=1S/C17H28O2/c1-4-5-6-7-8-16-9-11-17(12-10-16)19-14-13-18-15(2)3/h9-12,15H,4-8,13-14H2,1-3H3. The van der Waals surface area contributed by atoms with E-state index < -0.39 is 0 Å². The second kappa shape index (κ2) is 9.85. The molecule has 0 unspecified atom stereocenters. The third kappa shape index (κ3) is 7.89. The summed E-state index contributed by atoms with van der Waals surface area (Å²) in [5.74, 6) is 0.935. The van der Waals surface area contributed by atoms with Crippen LogP contribution in [0.15, 0.2) is 24.3 Å². The lowest BCUT2D eigenvalue weighted by Gasteiger charge is -2.09. The first kappa shape index (κ1) is 16.0. The van der Waals surface area contributed by atoms with Crippen LogP contribution < -0.4 is 4.74 Å². The molecular formula is C17H28O2. The van der Waals surface area contributed by atoms with Gasteiger partial charge in [-0.15, -0.1) is 0 Å². The summed E-state index contributed by atoms with van der Waals surface area (Å²) in [6, 6.07) is 8.46. The van der Waals surface area contributed by atoms with Gasteiger partial charge in [-0.1, -0.05) is 38.3 Å². The molecule has 0 fully saturated rings. The van der Waals surface area contributed by atoms with E-state index in [2.05, 4.69) is 31.2 Å². The topological polar surface area (TPSA) is 18.5 Å². The van der Waals surface area contributed by atoms with Gasteiger partial charge in [-0.2, -0.15) is 0 Å². The normalized spacial score (nSPS) is 10.9. The Hall–Kier alpha value is -1.02. The molecule has 0 heterocycles. The summed E-state index contributed by atoms with van der Waals surface area (Å²) in [5.41, 5.74) is 1.40. The summed E-state index contributed by atoms with van der Waals surface area (Å²) in [6.45, 7) is 7.58. The second-order valence-corrected chi connectivity index (χ2v) is 5.22. The molecule has 0 aliphatic rings. The van der Waals surface area contributed by atoms with Crippen molar-refractivity contribution in [1.29, 1.82) is 0 Å². The molecule has 0 radical (unpaired) electrons. The summed E-state index contributed by atoms with van der Waals surface area (Å²) in [5, 5.41) is 0. The second-order valence-electron chi connectivity index (χ2n) is 5.22. The molecular weight excluding hydrogens is 236 g/mol. The molecule has 2 heteroatoms. The van der Waals surface area contributed by atoms with Crippen LogP contribution in [0.25, 0.3) is 0 Å². The first-order chi connectivity index (χ1) is 9.22. The fraction of sp³-hybridized carbons (Fsp3) is 0.647. The van der Waals surface area contributed by atoms with Gasteiger partial charge in [0.1, 0.15) is 12.4 Å². The van der Waals surface area contributed by atoms with Crippen molar-refractivity contribution >= 4 is 0 Å². The van der Waals surface area contributed by atoms with Gasteiger partial charge in [0.2, 0.25) is 0 Å². The van der Waals surface area contributed by atoms with Crippen LogP contribution in [0.1, 0.15) is 52.0 Å². The highest BCUT2D eigenvalue weighted by atomic mass is 16.5. The first-order valence-corrected chi connectivity index (χ1v) is 7.55. The first-order valence-electron chi connectivity index (χ1n) is 7.55. The Morgan fingerprint density at radius 2 is 1.68 bits per heavy atom. The van der Waals surface area contributed by atoms with E-state index in [4.69, 9.17) is 9.47 Å². The molecule has 0 aliphatic heterocycles. The molecule has 0 amide bonds. The quantitative estimate of drug-likeness (QED) is 0.574. The van der Waals surface area contributed by atoms with Gasteiger partial charge in [0, 0.05) is 0 Å². The fourth-order valence-corrected chi connectivity index (χ4v) is 1.95. The van der Waals surface area contributed by atoms with Gasteiger partial charge in [-0.25, -0.2) is 0 Å². The smallest absolute Gasteiger partial charge is 0.119 e. The molecule has 1 rings (SSSR count). The Bertz CT molecular complexity index is 317. The molecule has 1 aromatic carbocycles. The molecule has 0 aliphatic carbocycles. The monoisotopic (exact) mass is 264 g/mol. The predicted octanol–water partition coefficient (Wildman–Crippen LogP) is 4.61. The zero-order valence-electron chi connectivity index (χ0n) is 12.7. The predicted molar refractivity (Wildman–Crippen MR) is 80.9 cm³/mol. The van der Waals surface area contributed by atoms with Gasteiger partial charge in [0.25, 0.3) is 0 Å². The van der Waals surface area contributed by atoms with Crippen molar-refractivity contribution in [3.63, 3.8) is 0 Å². The zero-order valence-corrected chi connectivity index (χ0v) is 12.7. The van der Waals surface area contributed by atoms with Crippen molar-refractivity contribution in [2.75, 3.05) is 13.2 Å². The number of ether oxygens (including phenoxy) is 2. The van der Waals surface area contributed by atoms with E-state index in [0.717, 1.165) is 5.75 Å². The summed E-state index contributed by atoms with van der Waals surface area (Å²) >= 11 is 0. The Morgan fingerprint density at radius 3 is 2.32 bits per heavy atom. The van der Waals surface area contributed by atoms with Gasteiger partial charge in [0.15, 0.2) is 0 Å². The number of rotatable bonds is 10. The van der Waals surface area contributed by atoms with Crippen LogP contribution >= 0.6 is 0 Å². The fourth-order valence-electron chi connectivity index (χ4n) is 1.95. The molecule has 0 aromatic heterocycles. The molecule has 108 valence electrons. The van der Waals surface area contributed by atoms with Gasteiger partial charge >= 0.3 is 0 Å².